The van der Waals surface area contributed by atoms with Crippen molar-refractivity contribution in [1.82, 2.24) is 19.9 Å². The van der Waals surface area contributed by atoms with E-state index in [0.29, 0.717) is 29.1 Å². The number of hydrogen-bond acceptors (Lipinski definition) is 8. The SMILES string of the molecule is Nc1nc(N)c2nc(-c3ccccc3OCc3ccccc3)c(N)nc2n1. The molecule has 6 N–H and O–H groups in total. The first-order chi connectivity index (χ1) is 13.1. The van der Waals surface area contributed by atoms with Gasteiger partial charge in [0, 0.05) is 5.56 Å². The molecule has 4 rings (SSSR count). The molecule has 0 saturated heterocycles. The van der Waals surface area contributed by atoms with Gasteiger partial charge in [0.1, 0.15) is 18.1 Å². The Morgan fingerprint density at radius 2 is 1.48 bits per heavy atom. The first-order valence-corrected chi connectivity index (χ1v) is 8.24. The molecule has 2 aromatic carbocycles. The molecule has 134 valence electrons. The molecule has 0 saturated carbocycles. The van der Waals surface area contributed by atoms with Crippen LogP contribution in [0.1, 0.15) is 5.56 Å². The predicted octanol–water partition coefficient (Wildman–Crippen LogP) is 2.41. The number of ether oxygens (including phenoxy) is 1. The van der Waals surface area contributed by atoms with Crippen LogP contribution in [-0.4, -0.2) is 19.9 Å². The van der Waals surface area contributed by atoms with E-state index in [1.165, 1.54) is 0 Å². The van der Waals surface area contributed by atoms with Crippen molar-refractivity contribution in [2.24, 2.45) is 0 Å². The fourth-order valence-electron chi connectivity index (χ4n) is 2.72. The van der Waals surface area contributed by atoms with Crippen LogP contribution in [0.25, 0.3) is 22.4 Å². The minimum atomic E-state index is 0.0213. The maximum Gasteiger partial charge on any atom is 0.224 e. The molecular formula is C19H17N7O. The van der Waals surface area contributed by atoms with Gasteiger partial charge < -0.3 is 21.9 Å². The number of nitrogen functional groups attached to an aromatic ring is 3. The summed E-state index contributed by atoms with van der Waals surface area (Å²) in [7, 11) is 0. The van der Waals surface area contributed by atoms with Gasteiger partial charge >= 0.3 is 0 Å². The Labute approximate surface area is 155 Å². The van der Waals surface area contributed by atoms with Crippen LogP contribution in [0.3, 0.4) is 0 Å². The number of aromatic nitrogens is 4. The Hall–Kier alpha value is -3.94. The fraction of sp³-hybridized carbons (Fsp3) is 0.0526. The van der Waals surface area contributed by atoms with Gasteiger partial charge in [0.05, 0.1) is 0 Å². The van der Waals surface area contributed by atoms with Gasteiger partial charge in [-0.2, -0.15) is 9.97 Å². The lowest BCUT2D eigenvalue weighted by atomic mass is 10.1. The largest absolute Gasteiger partial charge is 0.488 e. The van der Waals surface area contributed by atoms with Crippen LogP contribution in [0.5, 0.6) is 5.75 Å². The number of fused-ring (bicyclic) bond motifs is 1. The van der Waals surface area contributed by atoms with E-state index in [2.05, 4.69) is 19.9 Å². The molecule has 0 fully saturated rings. The third-order valence-electron chi connectivity index (χ3n) is 3.98. The van der Waals surface area contributed by atoms with Crippen LogP contribution in [0.4, 0.5) is 17.6 Å². The normalized spacial score (nSPS) is 10.8. The summed E-state index contributed by atoms with van der Waals surface area (Å²) >= 11 is 0. The number of hydrogen-bond donors (Lipinski definition) is 3. The quantitative estimate of drug-likeness (QED) is 0.505. The summed E-state index contributed by atoms with van der Waals surface area (Å²) in [5, 5.41) is 0. The lowest BCUT2D eigenvalue weighted by Gasteiger charge is -2.13. The molecule has 0 bridgehead atoms. The highest BCUT2D eigenvalue weighted by molar-refractivity contribution is 5.88. The van der Waals surface area contributed by atoms with Crippen molar-refractivity contribution in [3.63, 3.8) is 0 Å². The topological polar surface area (TPSA) is 139 Å². The fourth-order valence-corrected chi connectivity index (χ4v) is 2.72. The van der Waals surface area contributed by atoms with Crippen molar-refractivity contribution in [2.75, 3.05) is 17.2 Å². The van der Waals surface area contributed by atoms with E-state index < -0.39 is 0 Å². The van der Waals surface area contributed by atoms with Crippen molar-refractivity contribution in [3.8, 4) is 17.0 Å². The molecule has 8 heteroatoms. The van der Waals surface area contributed by atoms with Gasteiger partial charge in [0.15, 0.2) is 22.8 Å². The van der Waals surface area contributed by atoms with Crippen LogP contribution in [0.2, 0.25) is 0 Å². The summed E-state index contributed by atoms with van der Waals surface area (Å²) in [5.41, 5.74) is 20.5. The zero-order valence-electron chi connectivity index (χ0n) is 14.3. The smallest absolute Gasteiger partial charge is 0.224 e. The van der Waals surface area contributed by atoms with Gasteiger partial charge in [0.25, 0.3) is 0 Å². The summed E-state index contributed by atoms with van der Waals surface area (Å²) in [4.78, 5) is 16.8. The van der Waals surface area contributed by atoms with Crippen LogP contribution >= 0.6 is 0 Å². The summed E-state index contributed by atoms with van der Waals surface area (Å²) in [6, 6.07) is 17.4. The molecule has 4 aromatic rings. The number of para-hydroxylation sites is 1. The second-order valence-corrected chi connectivity index (χ2v) is 5.87. The standard InChI is InChI=1S/C19H17N7O/c20-16-14(23-15-17(21)25-19(22)26-18(15)24-16)12-8-4-5-9-13(12)27-10-11-6-2-1-3-7-11/h1-9H,10H2,(H6,20,21,22,24,25,26). The highest BCUT2D eigenvalue weighted by Gasteiger charge is 2.16. The van der Waals surface area contributed by atoms with Crippen LogP contribution in [-0.2, 0) is 6.61 Å². The number of benzene rings is 2. The Morgan fingerprint density at radius 1 is 0.741 bits per heavy atom. The molecule has 0 amide bonds. The monoisotopic (exact) mass is 359 g/mol. The van der Waals surface area contributed by atoms with E-state index in [-0.39, 0.29) is 23.2 Å². The van der Waals surface area contributed by atoms with Crippen LogP contribution in [0.15, 0.2) is 54.6 Å². The van der Waals surface area contributed by atoms with E-state index in [1.807, 2.05) is 54.6 Å². The summed E-state index contributed by atoms with van der Waals surface area (Å²) in [6.45, 7) is 0.417. The first kappa shape index (κ1) is 16.5. The molecule has 0 spiro atoms. The minimum Gasteiger partial charge on any atom is -0.488 e. The number of nitrogens with two attached hydrogens (primary N) is 3. The van der Waals surface area contributed by atoms with Crippen molar-refractivity contribution < 1.29 is 4.74 Å². The summed E-state index contributed by atoms with van der Waals surface area (Å²) in [5.74, 6) is 1.01. The molecule has 0 aliphatic carbocycles. The minimum absolute atomic E-state index is 0.0213. The second-order valence-electron chi connectivity index (χ2n) is 5.87. The summed E-state index contributed by atoms with van der Waals surface area (Å²) in [6.07, 6.45) is 0. The van der Waals surface area contributed by atoms with Gasteiger partial charge in [-0.15, -0.1) is 0 Å². The van der Waals surface area contributed by atoms with Gasteiger partial charge in [-0.25, -0.2) is 9.97 Å². The number of nitrogens with zero attached hydrogens (tertiary/aromatic N) is 4. The molecule has 2 aromatic heterocycles. The zero-order chi connectivity index (χ0) is 18.8. The molecule has 2 heterocycles. The first-order valence-electron chi connectivity index (χ1n) is 8.24. The van der Waals surface area contributed by atoms with Crippen molar-refractivity contribution >= 4 is 28.7 Å². The highest BCUT2D eigenvalue weighted by atomic mass is 16.5. The summed E-state index contributed by atoms with van der Waals surface area (Å²) < 4.78 is 5.99. The van der Waals surface area contributed by atoms with Gasteiger partial charge in [0.2, 0.25) is 5.95 Å². The van der Waals surface area contributed by atoms with E-state index in [4.69, 9.17) is 21.9 Å². The molecule has 0 atom stereocenters. The maximum atomic E-state index is 6.12. The Kier molecular flexibility index (Phi) is 4.13. The predicted molar refractivity (Wildman–Crippen MR) is 105 cm³/mol. The number of rotatable bonds is 4. The van der Waals surface area contributed by atoms with Gasteiger partial charge in [-0.05, 0) is 17.7 Å². The molecule has 27 heavy (non-hydrogen) atoms. The Bertz CT molecular complexity index is 1120. The molecule has 8 nitrogen and oxygen atoms in total. The molecular weight excluding hydrogens is 342 g/mol. The molecule has 0 aliphatic heterocycles. The highest BCUT2D eigenvalue weighted by Crippen LogP contribution is 2.33. The molecule has 0 radical (unpaired) electrons. The van der Waals surface area contributed by atoms with E-state index in [9.17, 15) is 0 Å². The van der Waals surface area contributed by atoms with E-state index >= 15 is 0 Å². The lowest BCUT2D eigenvalue weighted by Crippen LogP contribution is -2.06. The molecule has 0 aliphatic rings. The Balaban J connectivity index is 1.76. The molecule has 0 unspecified atom stereocenters. The average Bonchev–Trinajstić information content (AvgIpc) is 2.67. The van der Waals surface area contributed by atoms with Crippen LogP contribution in [0, 0.1) is 0 Å². The van der Waals surface area contributed by atoms with Gasteiger partial charge in [-0.1, -0.05) is 42.5 Å². The number of anilines is 3. The average molecular weight is 359 g/mol. The van der Waals surface area contributed by atoms with Crippen molar-refractivity contribution in [3.05, 3.63) is 60.2 Å². The second kappa shape index (κ2) is 6.75. The van der Waals surface area contributed by atoms with Crippen molar-refractivity contribution in [2.45, 2.75) is 6.61 Å². The third kappa shape index (κ3) is 3.28. The third-order valence-corrected chi connectivity index (χ3v) is 3.98. The van der Waals surface area contributed by atoms with E-state index in [0.717, 1.165) is 5.56 Å². The maximum absolute atomic E-state index is 6.12. The van der Waals surface area contributed by atoms with E-state index in [1.54, 1.807) is 0 Å². The van der Waals surface area contributed by atoms with Crippen LogP contribution < -0.4 is 21.9 Å². The Morgan fingerprint density at radius 3 is 2.30 bits per heavy atom. The lowest BCUT2D eigenvalue weighted by molar-refractivity contribution is 0.307. The van der Waals surface area contributed by atoms with Crippen molar-refractivity contribution in [1.29, 1.82) is 0 Å². The van der Waals surface area contributed by atoms with Gasteiger partial charge in [-0.3, -0.25) is 0 Å². The zero-order valence-corrected chi connectivity index (χ0v) is 14.3.